The highest BCUT2D eigenvalue weighted by Gasteiger charge is 2.39. The number of nitrogens with zero attached hydrogens (tertiary/aromatic N) is 3. The number of alkyl halides is 3. The molecular weight excluding hydrogens is 373 g/mol. The highest BCUT2D eigenvalue weighted by molar-refractivity contribution is 6.90. The van der Waals surface area contributed by atoms with Gasteiger partial charge < -0.3 is 5.32 Å². The number of amides is 1. The van der Waals surface area contributed by atoms with Gasteiger partial charge >= 0.3 is 6.18 Å². The fourth-order valence-corrected chi connectivity index (χ4v) is 4.49. The van der Waals surface area contributed by atoms with Crippen molar-refractivity contribution in [2.24, 2.45) is 7.05 Å². The van der Waals surface area contributed by atoms with Gasteiger partial charge in [0, 0.05) is 13.2 Å². The summed E-state index contributed by atoms with van der Waals surface area (Å²) in [5, 5.41) is 6.74. The zero-order chi connectivity index (χ0) is 19.0. The second-order valence-electron chi connectivity index (χ2n) is 6.60. The van der Waals surface area contributed by atoms with E-state index in [1.165, 1.54) is 16.9 Å². The summed E-state index contributed by atoms with van der Waals surface area (Å²) in [4.78, 5) is 15.9. The predicted molar refractivity (Wildman–Crippen MR) is 91.6 cm³/mol. The molecule has 0 atom stereocenters. The van der Waals surface area contributed by atoms with Gasteiger partial charge in [-0.1, -0.05) is 31.2 Å². The molecule has 2 aromatic rings. The summed E-state index contributed by atoms with van der Waals surface area (Å²) in [7, 11) is -0.402. The second-order valence-corrected chi connectivity index (χ2v) is 12.0. The van der Waals surface area contributed by atoms with E-state index in [-0.39, 0.29) is 11.7 Å². The van der Waals surface area contributed by atoms with Crippen LogP contribution in [0, 0.1) is 0 Å². The molecule has 0 fully saturated rings. The van der Waals surface area contributed by atoms with Gasteiger partial charge in [0.15, 0.2) is 5.69 Å². The van der Waals surface area contributed by atoms with Crippen molar-refractivity contribution in [3.63, 3.8) is 0 Å². The van der Waals surface area contributed by atoms with Crippen LogP contribution in [-0.4, -0.2) is 28.7 Å². The average Bonchev–Trinajstić information content (AvgIpc) is 2.87. The van der Waals surface area contributed by atoms with Crippen molar-refractivity contribution in [2.75, 3.05) is 0 Å². The van der Waals surface area contributed by atoms with Crippen molar-refractivity contribution in [1.29, 1.82) is 0 Å². The molecule has 0 unspecified atom stereocenters. The summed E-state index contributed by atoms with van der Waals surface area (Å²) in [5.74, 6) is -0.850. The van der Waals surface area contributed by atoms with Crippen LogP contribution in [0.3, 0.4) is 0 Å². The fourth-order valence-electron chi connectivity index (χ4n) is 2.25. The molecule has 2 aromatic heterocycles. The summed E-state index contributed by atoms with van der Waals surface area (Å²) in [5.41, 5.74) is -1.13. The third-order valence-electron chi connectivity index (χ3n) is 3.65. The molecule has 0 radical (unpaired) electrons. The number of carbonyl (C=O) groups is 1. The van der Waals surface area contributed by atoms with Gasteiger partial charge in [-0.3, -0.25) is 9.48 Å². The summed E-state index contributed by atoms with van der Waals surface area (Å²) in [6.45, 7) is 5.80. The number of carbonyl (C=O) groups excluding carboxylic acids is 1. The maximum Gasteiger partial charge on any atom is 0.434 e. The molecule has 0 spiro atoms. The molecule has 5 nitrogen and oxygen atoms in total. The Hall–Kier alpha value is -1.87. The first kappa shape index (κ1) is 19.5. The molecule has 2 rings (SSSR count). The largest absolute Gasteiger partial charge is 0.434 e. The summed E-state index contributed by atoms with van der Waals surface area (Å²) >= 11 is 5.96. The lowest BCUT2D eigenvalue weighted by atomic mass is 10.1. The van der Waals surface area contributed by atoms with Crippen molar-refractivity contribution < 1.29 is 18.0 Å². The maximum atomic E-state index is 13.3. The van der Waals surface area contributed by atoms with Gasteiger partial charge in [-0.05, 0) is 17.3 Å². The quantitative estimate of drug-likeness (QED) is 0.645. The Kier molecular flexibility index (Phi) is 5.29. The number of aromatic nitrogens is 3. The van der Waals surface area contributed by atoms with Crippen LogP contribution in [0.5, 0.6) is 0 Å². The van der Waals surface area contributed by atoms with Crippen LogP contribution < -0.4 is 10.5 Å². The van der Waals surface area contributed by atoms with E-state index in [0.29, 0.717) is 10.9 Å². The van der Waals surface area contributed by atoms with E-state index < -0.39 is 31.4 Å². The Labute approximate surface area is 149 Å². The average molecular weight is 391 g/mol. The van der Waals surface area contributed by atoms with E-state index in [9.17, 15) is 18.0 Å². The van der Waals surface area contributed by atoms with Crippen molar-refractivity contribution >= 4 is 30.8 Å². The highest BCUT2D eigenvalue weighted by atomic mass is 35.5. The van der Waals surface area contributed by atoms with Gasteiger partial charge in [0.1, 0.15) is 5.15 Å². The third-order valence-corrected chi connectivity index (χ3v) is 6.09. The molecule has 0 aromatic carbocycles. The lowest BCUT2D eigenvalue weighted by molar-refractivity contribution is -0.141. The molecule has 0 saturated carbocycles. The number of pyridine rings is 1. The van der Waals surface area contributed by atoms with Crippen LogP contribution >= 0.6 is 11.6 Å². The molecule has 1 amide bonds. The molecule has 0 bridgehead atoms. The molecule has 0 aliphatic heterocycles. The minimum Gasteiger partial charge on any atom is -0.346 e. The maximum absolute atomic E-state index is 13.3. The summed E-state index contributed by atoms with van der Waals surface area (Å²) < 4.78 is 41.4. The van der Waals surface area contributed by atoms with E-state index in [2.05, 4.69) is 15.4 Å². The third kappa shape index (κ3) is 4.40. The van der Waals surface area contributed by atoms with Crippen LogP contribution in [0.15, 0.2) is 18.3 Å². The van der Waals surface area contributed by atoms with Crippen LogP contribution in [0.2, 0.25) is 24.8 Å². The fraction of sp³-hybridized carbons (Fsp3) is 0.400. The smallest absolute Gasteiger partial charge is 0.346 e. The van der Waals surface area contributed by atoms with E-state index >= 15 is 0 Å². The first-order valence-electron chi connectivity index (χ1n) is 7.44. The number of aryl methyl sites for hydroxylation is 1. The van der Waals surface area contributed by atoms with Gasteiger partial charge in [0.05, 0.1) is 25.9 Å². The lowest BCUT2D eigenvalue weighted by Crippen LogP contribution is -2.41. The Bertz CT molecular complexity index is 799. The zero-order valence-corrected chi connectivity index (χ0v) is 16.0. The summed E-state index contributed by atoms with van der Waals surface area (Å²) in [6.07, 6.45) is -3.24. The SMILES string of the molecule is Cn1nccc1CNC(=O)c1cc([Si](C)(C)C)c(Cl)nc1C(F)(F)F. The van der Waals surface area contributed by atoms with Crippen molar-refractivity contribution in [3.05, 3.63) is 40.4 Å². The van der Waals surface area contributed by atoms with Crippen LogP contribution in [0.25, 0.3) is 0 Å². The number of hydrogen-bond acceptors (Lipinski definition) is 3. The lowest BCUT2D eigenvalue weighted by Gasteiger charge is -2.21. The molecule has 0 saturated heterocycles. The molecule has 2 heterocycles. The van der Waals surface area contributed by atoms with Gasteiger partial charge in [-0.15, -0.1) is 0 Å². The highest BCUT2D eigenvalue weighted by Crippen LogP contribution is 2.31. The number of rotatable bonds is 4. The molecular formula is C15H18ClF3N4OSi. The van der Waals surface area contributed by atoms with Gasteiger partial charge in [-0.25, -0.2) is 4.98 Å². The Morgan fingerprint density at radius 1 is 1.36 bits per heavy atom. The monoisotopic (exact) mass is 390 g/mol. The Balaban J connectivity index is 2.42. The van der Waals surface area contributed by atoms with E-state index in [0.717, 1.165) is 0 Å². The molecule has 10 heteroatoms. The molecule has 1 N–H and O–H groups in total. The topological polar surface area (TPSA) is 59.8 Å². The number of hydrogen-bond donors (Lipinski definition) is 1. The molecule has 136 valence electrons. The second kappa shape index (κ2) is 6.79. The van der Waals surface area contributed by atoms with E-state index in [1.807, 2.05) is 19.6 Å². The van der Waals surface area contributed by atoms with Gasteiger partial charge in [0.2, 0.25) is 0 Å². The van der Waals surface area contributed by atoms with Crippen LogP contribution in [-0.2, 0) is 19.8 Å². The first-order chi connectivity index (χ1) is 11.4. The molecule has 0 aliphatic carbocycles. The van der Waals surface area contributed by atoms with E-state index in [1.54, 1.807) is 13.1 Å². The Morgan fingerprint density at radius 3 is 2.48 bits per heavy atom. The number of halogens is 4. The number of nitrogens with one attached hydrogen (secondary N) is 1. The van der Waals surface area contributed by atoms with Crippen molar-refractivity contribution in [3.8, 4) is 0 Å². The molecule has 0 aliphatic rings. The minimum absolute atomic E-state index is 0.0531. The predicted octanol–water partition coefficient (Wildman–Crippen LogP) is 2.96. The van der Waals surface area contributed by atoms with E-state index in [4.69, 9.17) is 11.6 Å². The molecule has 25 heavy (non-hydrogen) atoms. The zero-order valence-electron chi connectivity index (χ0n) is 14.2. The summed E-state index contributed by atoms with van der Waals surface area (Å²) in [6, 6.07) is 2.89. The van der Waals surface area contributed by atoms with Gasteiger partial charge in [-0.2, -0.15) is 18.3 Å². The van der Waals surface area contributed by atoms with Crippen LogP contribution in [0.4, 0.5) is 13.2 Å². The normalized spacial score (nSPS) is 12.3. The minimum atomic E-state index is -4.78. The van der Waals surface area contributed by atoms with Crippen molar-refractivity contribution in [2.45, 2.75) is 32.4 Å². The van der Waals surface area contributed by atoms with Crippen LogP contribution in [0.1, 0.15) is 21.7 Å². The first-order valence-corrected chi connectivity index (χ1v) is 11.3. The van der Waals surface area contributed by atoms with Crippen molar-refractivity contribution in [1.82, 2.24) is 20.1 Å². The van der Waals surface area contributed by atoms with Gasteiger partial charge in [0.25, 0.3) is 5.91 Å². The Morgan fingerprint density at radius 2 is 2.00 bits per heavy atom. The standard InChI is InChI=1S/C15H18ClF3N4OSi/c1-23-9(5-6-21-23)8-20-14(24)10-7-11(25(2,3)4)13(16)22-12(10)15(17,18)19/h5-7H,8H2,1-4H3,(H,20,24).